The summed E-state index contributed by atoms with van der Waals surface area (Å²) in [5, 5.41) is 5.78. The van der Waals surface area contributed by atoms with Crippen LogP contribution < -0.4 is 9.91 Å². The van der Waals surface area contributed by atoms with Gasteiger partial charge in [0.15, 0.2) is 5.71 Å². The van der Waals surface area contributed by atoms with Gasteiger partial charge in [0, 0.05) is 0 Å². The lowest BCUT2D eigenvalue weighted by molar-refractivity contribution is -0.136. The maximum Gasteiger partial charge on any atom is 0.355 e. The number of carbonyl (C=O) groups excluding carboxylic acids is 3. The van der Waals surface area contributed by atoms with Crippen LogP contribution in [0.15, 0.2) is 59.7 Å². The summed E-state index contributed by atoms with van der Waals surface area (Å²) in [6.45, 7) is 3.79. The zero-order valence-electron chi connectivity index (χ0n) is 15.5. The summed E-state index contributed by atoms with van der Waals surface area (Å²) >= 11 is 0. The molecule has 4 rings (SSSR count). The fourth-order valence-electron chi connectivity index (χ4n) is 3.53. The second-order valence-electron chi connectivity index (χ2n) is 6.66. The fraction of sp³-hybridized carbons (Fsp3) is 0.238. The van der Waals surface area contributed by atoms with Gasteiger partial charge in [-0.2, -0.15) is 5.10 Å². The molecular formula is C21H19N3O4. The average Bonchev–Trinajstić information content (AvgIpc) is 3.21. The van der Waals surface area contributed by atoms with Crippen LogP contribution in [0.25, 0.3) is 0 Å². The molecule has 1 fully saturated rings. The average molecular weight is 377 g/mol. The number of nitrogens with zero attached hydrogens (tertiary/aromatic N) is 3. The Morgan fingerprint density at radius 1 is 1.00 bits per heavy atom. The molecule has 1 saturated heterocycles. The van der Waals surface area contributed by atoms with E-state index < -0.39 is 29.7 Å². The highest BCUT2D eigenvalue weighted by Gasteiger charge is 2.59. The second kappa shape index (κ2) is 6.92. The molecule has 0 aliphatic carbocycles. The van der Waals surface area contributed by atoms with E-state index in [-0.39, 0.29) is 12.3 Å². The van der Waals surface area contributed by atoms with Gasteiger partial charge in [0.05, 0.1) is 18.0 Å². The molecule has 2 atom stereocenters. The Labute approximate surface area is 162 Å². The van der Waals surface area contributed by atoms with E-state index >= 15 is 0 Å². The van der Waals surface area contributed by atoms with Gasteiger partial charge in [-0.15, -0.1) is 0 Å². The van der Waals surface area contributed by atoms with Crippen molar-refractivity contribution < 1.29 is 19.1 Å². The molecule has 0 aromatic heterocycles. The standard InChI is InChI=1S/C21H19N3O4/c1-3-28-21(27)17-16-18(24(22-17)15-11-9-13(2)10-12-15)20(26)23(19(16)25)14-7-5-4-6-8-14/h4-12,16,18H,3H2,1-2H3. The molecule has 28 heavy (non-hydrogen) atoms. The summed E-state index contributed by atoms with van der Waals surface area (Å²) in [5.41, 5.74) is 2.12. The zero-order valence-corrected chi connectivity index (χ0v) is 15.5. The summed E-state index contributed by atoms with van der Waals surface area (Å²) in [7, 11) is 0. The van der Waals surface area contributed by atoms with Gasteiger partial charge in [-0.25, -0.2) is 9.69 Å². The Balaban J connectivity index is 1.79. The molecule has 142 valence electrons. The summed E-state index contributed by atoms with van der Waals surface area (Å²) in [6.07, 6.45) is 0. The van der Waals surface area contributed by atoms with Gasteiger partial charge in [-0.05, 0) is 38.1 Å². The molecule has 2 unspecified atom stereocenters. The number of hydrogen-bond donors (Lipinski definition) is 0. The Morgan fingerprint density at radius 2 is 1.68 bits per heavy atom. The van der Waals surface area contributed by atoms with E-state index in [0.29, 0.717) is 11.4 Å². The van der Waals surface area contributed by atoms with E-state index in [2.05, 4.69) is 5.10 Å². The Hall–Kier alpha value is -3.48. The van der Waals surface area contributed by atoms with Gasteiger partial charge in [-0.1, -0.05) is 35.9 Å². The number of esters is 1. The number of amides is 2. The number of fused-ring (bicyclic) bond motifs is 1. The van der Waals surface area contributed by atoms with Crippen LogP contribution in [0.3, 0.4) is 0 Å². The lowest BCUT2D eigenvalue weighted by Gasteiger charge is -2.22. The van der Waals surface area contributed by atoms with Crippen LogP contribution in [0.2, 0.25) is 0 Å². The van der Waals surface area contributed by atoms with Gasteiger partial charge in [0.1, 0.15) is 12.0 Å². The van der Waals surface area contributed by atoms with Crippen molar-refractivity contribution in [3.63, 3.8) is 0 Å². The Morgan fingerprint density at radius 3 is 2.32 bits per heavy atom. The Bertz CT molecular complexity index is 969. The third-order valence-corrected chi connectivity index (χ3v) is 4.85. The van der Waals surface area contributed by atoms with Crippen molar-refractivity contribution in [3.8, 4) is 0 Å². The summed E-state index contributed by atoms with van der Waals surface area (Å²) < 4.78 is 5.08. The normalized spacial score (nSPS) is 21.0. The summed E-state index contributed by atoms with van der Waals surface area (Å²) in [6, 6.07) is 15.2. The first-order chi connectivity index (χ1) is 13.5. The fourth-order valence-corrected chi connectivity index (χ4v) is 3.53. The van der Waals surface area contributed by atoms with Gasteiger partial charge < -0.3 is 4.74 Å². The Kier molecular flexibility index (Phi) is 4.43. The summed E-state index contributed by atoms with van der Waals surface area (Å²) in [4.78, 5) is 39.9. The van der Waals surface area contributed by atoms with Crippen molar-refractivity contribution in [2.45, 2.75) is 19.9 Å². The molecule has 2 aromatic rings. The maximum absolute atomic E-state index is 13.2. The van der Waals surface area contributed by atoms with E-state index in [1.54, 1.807) is 37.3 Å². The molecule has 0 N–H and O–H groups in total. The molecular weight excluding hydrogens is 358 g/mol. The first-order valence-electron chi connectivity index (χ1n) is 9.07. The van der Waals surface area contributed by atoms with Gasteiger partial charge in [-0.3, -0.25) is 14.6 Å². The molecule has 7 heteroatoms. The van der Waals surface area contributed by atoms with Crippen LogP contribution in [0.1, 0.15) is 12.5 Å². The molecule has 2 heterocycles. The highest BCUT2D eigenvalue weighted by molar-refractivity contribution is 6.47. The molecule has 2 aliphatic rings. The van der Waals surface area contributed by atoms with Crippen molar-refractivity contribution in [2.75, 3.05) is 16.5 Å². The van der Waals surface area contributed by atoms with Crippen molar-refractivity contribution >= 4 is 34.9 Å². The lowest BCUT2D eigenvalue weighted by atomic mass is 9.97. The van der Waals surface area contributed by atoms with E-state index in [4.69, 9.17) is 4.74 Å². The molecule has 0 spiro atoms. The molecule has 2 amide bonds. The maximum atomic E-state index is 13.2. The molecule has 0 bridgehead atoms. The van der Waals surface area contributed by atoms with Crippen molar-refractivity contribution in [1.82, 2.24) is 0 Å². The molecule has 0 radical (unpaired) electrons. The monoisotopic (exact) mass is 377 g/mol. The van der Waals surface area contributed by atoms with E-state index in [1.165, 1.54) is 5.01 Å². The first-order valence-corrected chi connectivity index (χ1v) is 9.07. The highest BCUT2D eigenvalue weighted by Crippen LogP contribution is 2.37. The van der Waals surface area contributed by atoms with Crippen LogP contribution in [-0.4, -0.2) is 36.1 Å². The van der Waals surface area contributed by atoms with E-state index in [1.807, 2.05) is 31.2 Å². The second-order valence-corrected chi connectivity index (χ2v) is 6.66. The summed E-state index contributed by atoms with van der Waals surface area (Å²) in [5.74, 6) is -2.55. The number of imide groups is 1. The van der Waals surface area contributed by atoms with Crippen molar-refractivity contribution in [3.05, 3.63) is 60.2 Å². The number of ether oxygens (including phenoxy) is 1. The predicted octanol–water partition coefficient (Wildman–Crippen LogP) is 2.29. The van der Waals surface area contributed by atoms with Gasteiger partial charge >= 0.3 is 5.97 Å². The minimum atomic E-state index is -0.993. The number of hydrogen-bond acceptors (Lipinski definition) is 6. The zero-order chi connectivity index (χ0) is 19.8. The molecule has 7 nitrogen and oxygen atoms in total. The SMILES string of the molecule is CCOC(=O)C1=NN(c2ccc(C)cc2)C2C(=O)N(c3ccccc3)C(=O)C12. The van der Waals surface area contributed by atoms with Crippen LogP contribution >= 0.6 is 0 Å². The first kappa shape index (κ1) is 17.9. The van der Waals surface area contributed by atoms with E-state index in [9.17, 15) is 14.4 Å². The molecule has 0 saturated carbocycles. The number of carbonyl (C=O) groups is 3. The van der Waals surface area contributed by atoms with Crippen LogP contribution in [0.4, 0.5) is 11.4 Å². The van der Waals surface area contributed by atoms with Crippen LogP contribution in [0.5, 0.6) is 0 Å². The number of hydrazone groups is 1. The predicted molar refractivity (Wildman–Crippen MR) is 104 cm³/mol. The molecule has 2 aromatic carbocycles. The lowest BCUT2D eigenvalue weighted by Crippen LogP contribution is -2.39. The minimum absolute atomic E-state index is 0.0378. The van der Waals surface area contributed by atoms with Gasteiger partial charge in [0.25, 0.3) is 5.91 Å². The largest absolute Gasteiger partial charge is 0.461 e. The van der Waals surface area contributed by atoms with Gasteiger partial charge in [0.2, 0.25) is 5.91 Å². The van der Waals surface area contributed by atoms with Crippen molar-refractivity contribution in [2.24, 2.45) is 11.0 Å². The van der Waals surface area contributed by atoms with Crippen LogP contribution in [-0.2, 0) is 19.1 Å². The number of anilines is 2. The number of aryl methyl sites for hydroxylation is 1. The quantitative estimate of drug-likeness (QED) is 0.603. The third-order valence-electron chi connectivity index (χ3n) is 4.85. The minimum Gasteiger partial charge on any atom is -0.461 e. The van der Waals surface area contributed by atoms with Crippen molar-refractivity contribution in [1.29, 1.82) is 0 Å². The van der Waals surface area contributed by atoms with Crippen LogP contribution in [0, 0.1) is 12.8 Å². The number of benzene rings is 2. The smallest absolute Gasteiger partial charge is 0.355 e. The molecule has 2 aliphatic heterocycles. The number of para-hydroxylation sites is 1. The number of rotatable bonds is 4. The highest BCUT2D eigenvalue weighted by atomic mass is 16.5. The van der Waals surface area contributed by atoms with E-state index in [0.717, 1.165) is 10.5 Å². The topological polar surface area (TPSA) is 79.3 Å². The third kappa shape index (κ3) is 2.76.